The number of methoxy groups -OCH3 is 1. The standard InChI is InChI=1S/C24H21NO6S/c1-30-19-12-13-21-20(15-19)17(11-14-24(26)27)16-25(21)32(28,29)23-10-6-5-9-22(23)31-18-7-3-2-4-8-18/h2-10,12-13,15-16H,11,14H2,1H3,(H,26,27). The Morgan fingerprint density at radius 1 is 0.969 bits per heavy atom. The van der Waals surface area contributed by atoms with E-state index in [1.165, 1.54) is 23.3 Å². The first kappa shape index (κ1) is 21.5. The fraction of sp³-hybridized carbons (Fsp3) is 0.125. The summed E-state index contributed by atoms with van der Waals surface area (Å²) in [5.41, 5.74) is 1.03. The van der Waals surface area contributed by atoms with Crippen molar-refractivity contribution < 1.29 is 27.8 Å². The van der Waals surface area contributed by atoms with Crippen LogP contribution >= 0.6 is 0 Å². The van der Waals surface area contributed by atoms with Gasteiger partial charge in [0, 0.05) is 18.0 Å². The normalized spacial score (nSPS) is 11.4. The zero-order chi connectivity index (χ0) is 22.7. The minimum absolute atomic E-state index is 0.00126. The van der Waals surface area contributed by atoms with E-state index in [1.54, 1.807) is 60.7 Å². The van der Waals surface area contributed by atoms with Crippen LogP contribution < -0.4 is 9.47 Å². The maximum atomic E-state index is 13.7. The SMILES string of the molecule is COc1ccc2c(c1)c(CCC(=O)O)cn2S(=O)(=O)c1ccccc1Oc1ccccc1. The maximum Gasteiger partial charge on any atom is 0.303 e. The second kappa shape index (κ2) is 8.76. The summed E-state index contributed by atoms with van der Waals surface area (Å²) in [4.78, 5) is 11.1. The monoisotopic (exact) mass is 451 g/mol. The van der Waals surface area contributed by atoms with Crippen molar-refractivity contribution in [3.8, 4) is 17.2 Å². The van der Waals surface area contributed by atoms with Crippen LogP contribution in [0.4, 0.5) is 0 Å². The highest BCUT2D eigenvalue weighted by atomic mass is 32.2. The number of carbonyl (C=O) groups is 1. The first-order valence-corrected chi connectivity index (χ1v) is 11.3. The van der Waals surface area contributed by atoms with Crippen LogP contribution in [0.25, 0.3) is 10.9 Å². The Labute approximate surface area is 185 Å². The van der Waals surface area contributed by atoms with Crippen molar-refractivity contribution in [1.82, 2.24) is 3.97 Å². The highest BCUT2D eigenvalue weighted by Crippen LogP contribution is 2.34. The topological polar surface area (TPSA) is 94.8 Å². The Morgan fingerprint density at radius 2 is 1.69 bits per heavy atom. The van der Waals surface area contributed by atoms with Crippen LogP contribution in [-0.4, -0.2) is 30.6 Å². The molecule has 0 saturated heterocycles. The predicted molar refractivity (Wildman–Crippen MR) is 120 cm³/mol. The number of benzene rings is 3. The lowest BCUT2D eigenvalue weighted by molar-refractivity contribution is -0.136. The van der Waals surface area contributed by atoms with E-state index in [1.807, 2.05) is 6.07 Å². The van der Waals surface area contributed by atoms with Gasteiger partial charge in [0.25, 0.3) is 10.0 Å². The summed E-state index contributed by atoms with van der Waals surface area (Å²) in [5, 5.41) is 9.72. The minimum atomic E-state index is -4.05. The number of fused-ring (bicyclic) bond motifs is 1. The summed E-state index contributed by atoms with van der Waals surface area (Å²) in [6.45, 7) is 0. The molecule has 0 radical (unpaired) electrons. The van der Waals surface area contributed by atoms with Gasteiger partial charge in [0.1, 0.15) is 22.1 Å². The van der Waals surface area contributed by atoms with Gasteiger partial charge in [0.05, 0.1) is 12.6 Å². The first-order chi connectivity index (χ1) is 15.4. The molecule has 8 heteroatoms. The Hall–Kier alpha value is -3.78. The van der Waals surface area contributed by atoms with Gasteiger partial charge in [0.15, 0.2) is 0 Å². The molecular formula is C24H21NO6S. The number of aliphatic carboxylic acids is 1. The van der Waals surface area contributed by atoms with Gasteiger partial charge in [-0.25, -0.2) is 12.4 Å². The second-order valence-corrected chi connectivity index (χ2v) is 8.88. The summed E-state index contributed by atoms with van der Waals surface area (Å²) in [5.74, 6) is 0.302. The quantitative estimate of drug-likeness (QED) is 0.417. The predicted octanol–water partition coefficient (Wildman–Crippen LogP) is 4.70. The number of para-hydroxylation sites is 2. The lowest BCUT2D eigenvalue weighted by Gasteiger charge is -2.13. The van der Waals surface area contributed by atoms with E-state index in [0.29, 0.717) is 28.0 Å². The van der Waals surface area contributed by atoms with Crippen LogP contribution in [0.1, 0.15) is 12.0 Å². The van der Waals surface area contributed by atoms with Crippen LogP contribution in [0, 0.1) is 0 Å². The number of nitrogens with zero attached hydrogens (tertiary/aromatic N) is 1. The maximum absolute atomic E-state index is 13.7. The van der Waals surface area contributed by atoms with Crippen molar-refractivity contribution in [2.75, 3.05) is 7.11 Å². The number of ether oxygens (including phenoxy) is 2. The van der Waals surface area contributed by atoms with E-state index in [9.17, 15) is 13.2 Å². The lowest BCUT2D eigenvalue weighted by Crippen LogP contribution is -2.13. The average Bonchev–Trinajstić information content (AvgIpc) is 3.17. The Kier molecular flexibility index (Phi) is 5.87. The molecule has 3 aromatic carbocycles. The molecule has 0 amide bonds. The van der Waals surface area contributed by atoms with E-state index < -0.39 is 16.0 Å². The van der Waals surface area contributed by atoms with Crippen LogP contribution in [0.15, 0.2) is 83.9 Å². The number of aryl methyl sites for hydroxylation is 1. The third-order valence-corrected chi connectivity index (χ3v) is 6.74. The molecule has 1 heterocycles. The number of hydrogen-bond acceptors (Lipinski definition) is 5. The number of carboxylic acids is 1. The number of hydrogen-bond donors (Lipinski definition) is 1. The second-order valence-electron chi connectivity index (χ2n) is 7.09. The molecule has 0 aliphatic heterocycles. The Bertz CT molecular complexity index is 1380. The molecule has 4 rings (SSSR count). The zero-order valence-electron chi connectivity index (χ0n) is 17.3. The summed E-state index contributed by atoms with van der Waals surface area (Å²) in [7, 11) is -2.53. The smallest absolute Gasteiger partial charge is 0.303 e. The van der Waals surface area contributed by atoms with Crippen LogP contribution in [0.5, 0.6) is 17.2 Å². The third-order valence-electron chi connectivity index (χ3n) is 5.03. The molecule has 0 bridgehead atoms. The molecule has 1 N–H and O–H groups in total. The van der Waals surface area contributed by atoms with E-state index in [4.69, 9.17) is 14.6 Å². The molecule has 0 atom stereocenters. The molecule has 4 aromatic rings. The highest BCUT2D eigenvalue weighted by Gasteiger charge is 2.25. The summed E-state index contributed by atoms with van der Waals surface area (Å²) in [6.07, 6.45) is 1.54. The lowest BCUT2D eigenvalue weighted by atomic mass is 10.1. The van der Waals surface area contributed by atoms with Crippen molar-refractivity contribution >= 4 is 26.9 Å². The average molecular weight is 452 g/mol. The van der Waals surface area contributed by atoms with Crippen molar-refractivity contribution in [3.63, 3.8) is 0 Å². The fourth-order valence-corrected chi connectivity index (χ4v) is 4.99. The molecule has 0 aliphatic rings. The van der Waals surface area contributed by atoms with Crippen LogP contribution in [-0.2, 0) is 21.2 Å². The summed E-state index contributed by atoms with van der Waals surface area (Å²) in [6, 6.07) is 20.4. The van der Waals surface area contributed by atoms with Crippen LogP contribution in [0.3, 0.4) is 0 Å². The zero-order valence-corrected chi connectivity index (χ0v) is 18.1. The fourth-order valence-electron chi connectivity index (χ4n) is 3.48. The Balaban J connectivity index is 1.84. The van der Waals surface area contributed by atoms with E-state index in [2.05, 4.69) is 0 Å². The van der Waals surface area contributed by atoms with E-state index >= 15 is 0 Å². The highest BCUT2D eigenvalue weighted by molar-refractivity contribution is 7.90. The van der Waals surface area contributed by atoms with Gasteiger partial charge in [-0.3, -0.25) is 4.79 Å². The molecule has 32 heavy (non-hydrogen) atoms. The van der Waals surface area contributed by atoms with Crippen molar-refractivity contribution in [2.45, 2.75) is 17.7 Å². The molecule has 0 saturated carbocycles. The largest absolute Gasteiger partial charge is 0.497 e. The molecular weight excluding hydrogens is 430 g/mol. The van der Waals surface area contributed by atoms with Gasteiger partial charge < -0.3 is 14.6 Å². The molecule has 0 spiro atoms. The summed E-state index contributed by atoms with van der Waals surface area (Å²) < 4.78 is 39.7. The van der Waals surface area contributed by atoms with Gasteiger partial charge in [-0.05, 0) is 54.4 Å². The van der Waals surface area contributed by atoms with E-state index in [0.717, 1.165) is 0 Å². The van der Waals surface area contributed by atoms with E-state index in [-0.39, 0.29) is 23.5 Å². The van der Waals surface area contributed by atoms with Crippen molar-refractivity contribution in [2.24, 2.45) is 0 Å². The van der Waals surface area contributed by atoms with Gasteiger partial charge in [-0.1, -0.05) is 30.3 Å². The van der Waals surface area contributed by atoms with Crippen molar-refractivity contribution in [1.29, 1.82) is 0 Å². The molecule has 0 fully saturated rings. The van der Waals surface area contributed by atoms with Gasteiger partial charge in [0.2, 0.25) is 0 Å². The number of rotatable bonds is 8. The summed E-state index contributed by atoms with van der Waals surface area (Å²) >= 11 is 0. The molecule has 0 aliphatic carbocycles. The molecule has 7 nitrogen and oxygen atoms in total. The number of carboxylic acid groups (broad SMARTS) is 1. The molecule has 0 unspecified atom stereocenters. The van der Waals surface area contributed by atoms with Gasteiger partial charge in [-0.2, -0.15) is 0 Å². The molecule has 1 aromatic heterocycles. The minimum Gasteiger partial charge on any atom is -0.497 e. The molecule has 164 valence electrons. The Morgan fingerprint density at radius 3 is 2.41 bits per heavy atom. The van der Waals surface area contributed by atoms with Crippen LogP contribution in [0.2, 0.25) is 0 Å². The third kappa shape index (κ3) is 4.17. The first-order valence-electron chi connectivity index (χ1n) is 9.87. The number of aromatic nitrogens is 1. The van der Waals surface area contributed by atoms with Crippen molar-refractivity contribution in [3.05, 3.63) is 84.6 Å². The van der Waals surface area contributed by atoms with Gasteiger partial charge in [-0.15, -0.1) is 0 Å². The van der Waals surface area contributed by atoms with Gasteiger partial charge >= 0.3 is 5.97 Å².